The third kappa shape index (κ3) is 4.75. The lowest BCUT2D eigenvalue weighted by molar-refractivity contribution is -0.126. The van der Waals surface area contributed by atoms with E-state index >= 15 is 0 Å². The third-order valence-corrected chi connectivity index (χ3v) is 5.47. The van der Waals surface area contributed by atoms with Gasteiger partial charge in [0.15, 0.2) is 5.17 Å². The minimum Gasteiger partial charge on any atom is -0.496 e. The summed E-state index contributed by atoms with van der Waals surface area (Å²) in [7, 11) is 1.59. The molecular weight excluding hydrogens is 433 g/mol. The van der Waals surface area contributed by atoms with Crippen molar-refractivity contribution in [3.63, 3.8) is 0 Å². The summed E-state index contributed by atoms with van der Waals surface area (Å²) >= 11 is 4.76. The van der Waals surface area contributed by atoms with E-state index < -0.39 is 0 Å². The van der Waals surface area contributed by atoms with Crippen LogP contribution in [0.3, 0.4) is 0 Å². The van der Waals surface area contributed by atoms with Gasteiger partial charge in [-0.2, -0.15) is 5.10 Å². The lowest BCUT2D eigenvalue weighted by Gasteiger charge is -2.15. The minimum absolute atomic E-state index is 0.0432. The highest BCUT2D eigenvalue weighted by molar-refractivity contribution is 9.10. The molecule has 2 aromatic carbocycles. The molecule has 0 unspecified atom stereocenters. The molecule has 0 aromatic heterocycles. The second-order valence-corrected chi connectivity index (χ2v) is 8.05. The van der Waals surface area contributed by atoms with E-state index in [0.29, 0.717) is 17.5 Å². The van der Waals surface area contributed by atoms with Gasteiger partial charge in [-0.1, -0.05) is 39.8 Å². The van der Waals surface area contributed by atoms with Crippen molar-refractivity contribution in [3.05, 3.63) is 63.9 Å². The molecule has 1 heterocycles. The van der Waals surface area contributed by atoms with Gasteiger partial charge in [0.25, 0.3) is 0 Å². The van der Waals surface area contributed by atoms with Gasteiger partial charge in [0.05, 0.1) is 25.1 Å². The molecule has 1 saturated heterocycles. The summed E-state index contributed by atoms with van der Waals surface area (Å²) in [5.74, 6) is 0.322. The summed E-state index contributed by atoms with van der Waals surface area (Å²) in [4.78, 5) is 14.0. The van der Waals surface area contributed by atoms with Crippen molar-refractivity contribution >= 4 is 45.0 Å². The Labute approximate surface area is 169 Å². The molecule has 27 heavy (non-hydrogen) atoms. The van der Waals surface area contributed by atoms with E-state index in [1.54, 1.807) is 30.4 Å². The molecule has 8 heteroatoms. The predicted molar refractivity (Wildman–Crippen MR) is 110 cm³/mol. The van der Waals surface area contributed by atoms with Crippen molar-refractivity contribution in [3.8, 4) is 5.75 Å². The average molecular weight is 450 g/mol. The van der Waals surface area contributed by atoms with Gasteiger partial charge < -0.3 is 4.74 Å². The predicted octanol–water partition coefficient (Wildman–Crippen LogP) is 4.45. The number of carbonyl (C=O) groups is 1. The molecular formula is C19H17BrFN3O2S. The Morgan fingerprint density at radius 1 is 1.30 bits per heavy atom. The van der Waals surface area contributed by atoms with Crippen molar-refractivity contribution in [2.24, 2.45) is 10.2 Å². The summed E-state index contributed by atoms with van der Waals surface area (Å²) in [6.07, 6.45) is 1.58. The SMILES string of the molecule is COc1ccc(Br)cc1/C=N\N=C1\S[C@@H](C)C(=O)N1Cc1ccc(F)cc1. The first kappa shape index (κ1) is 19.6. The van der Waals surface area contributed by atoms with Crippen molar-refractivity contribution in [1.29, 1.82) is 0 Å². The maximum atomic E-state index is 13.1. The Morgan fingerprint density at radius 3 is 2.74 bits per heavy atom. The second kappa shape index (κ2) is 8.67. The quantitative estimate of drug-likeness (QED) is 0.500. The first-order chi connectivity index (χ1) is 13.0. The highest BCUT2D eigenvalue weighted by atomic mass is 79.9. The Morgan fingerprint density at radius 2 is 2.04 bits per heavy atom. The van der Waals surface area contributed by atoms with Crippen LogP contribution in [-0.2, 0) is 11.3 Å². The van der Waals surface area contributed by atoms with Crippen molar-refractivity contribution in [1.82, 2.24) is 4.90 Å². The molecule has 1 fully saturated rings. The van der Waals surface area contributed by atoms with Crippen LogP contribution in [0.15, 0.2) is 57.1 Å². The van der Waals surface area contributed by atoms with E-state index in [9.17, 15) is 9.18 Å². The fraction of sp³-hybridized carbons (Fsp3) is 0.211. The number of benzene rings is 2. The van der Waals surface area contributed by atoms with Gasteiger partial charge in [0.1, 0.15) is 11.6 Å². The number of nitrogens with zero attached hydrogens (tertiary/aromatic N) is 3. The zero-order chi connectivity index (χ0) is 19.4. The molecule has 0 bridgehead atoms. The molecule has 3 rings (SSSR count). The van der Waals surface area contributed by atoms with Gasteiger partial charge in [-0.3, -0.25) is 9.69 Å². The largest absolute Gasteiger partial charge is 0.496 e. The summed E-state index contributed by atoms with van der Waals surface area (Å²) in [6.45, 7) is 2.15. The van der Waals surface area contributed by atoms with Gasteiger partial charge in [-0.25, -0.2) is 4.39 Å². The van der Waals surface area contributed by atoms with Crippen LogP contribution in [-0.4, -0.2) is 34.5 Å². The summed E-state index contributed by atoms with van der Waals surface area (Å²) in [5.41, 5.74) is 1.59. The molecule has 0 N–H and O–H groups in total. The van der Waals surface area contributed by atoms with E-state index in [2.05, 4.69) is 26.1 Å². The summed E-state index contributed by atoms with van der Waals surface area (Å²) in [5, 5.41) is 8.64. The zero-order valence-electron chi connectivity index (χ0n) is 14.7. The van der Waals surface area contributed by atoms with Crippen LogP contribution in [0.25, 0.3) is 0 Å². The molecule has 2 aromatic rings. The standard InChI is InChI=1S/C19H17BrFN3O2S/c1-12-18(25)24(11-13-3-6-16(21)7-4-13)19(27-12)23-22-10-14-9-15(20)5-8-17(14)26-2/h3-10,12H,11H2,1-2H3/b22-10-,23-19+/t12-/m0/s1. The molecule has 1 aliphatic rings. The Kier molecular flexibility index (Phi) is 6.28. The van der Waals surface area contributed by atoms with E-state index in [1.165, 1.54) is 23.9 Å². The van der Waals surface area contributed by atoms with Gasteiger partial charge in [0.2, 0.25) is 5.91 Å². The summed E-state index contributed by atoms with van der Waals surface area (Å²) in [6, 6.07) is 11.6. The Bertz CT molecular complexity index is 902. The lowest BCUT2D eigenvalue weighted by Crippen LogP contribution is -2.30. The molecule has 0 aliphatic carbocycles. The van der Waals surface area contributed by atoms with Crippen molar-refractivity contribution in [2.45, 2.75) is 18.7 Å². The van der Waals surface area contributed by atoms with Crippen LogP contribution < -0.4 is 4.74 Å². The van der Waals surface area contributed by atoms with E-state index in [1.807, 2.05) is 25.1 Å². The smallest absolute Gasteiger partial charge is 0.242 e. The van der Waals surface area contributed by atoms with Crippen LogP contribution in [0, 0.1) is 5.82 Å². The molecule has 1 amide bonds. The number of hydrogen-bond donors (Lipinski definition) is 0. The van der Waals surface area contributed by atoms with Crippen molar-refractivity contribution in [2.75, 3.05) is 7.11 Å². The number of carbonyl (C=O) groups excluding carboxylic acids is 1. The number of methoxy groups -OCH3 is 1. The molecule has 1 aliphatic heterocycles. The molecule has 1 atom stereocenters. The summed E-state index contributed by atoms with van der Waals surface area (Å²) < 4.78 is 19.3. The maximum Gasteiger partial charge on any atom is 0.242 e. The highest BCUT2D eigenvalue weighted by Gasteiger charge is 2.35. The molecule has 5 nitrogen and oxygen atoms in total. The van der Waals surface area contributed by atoms with Crippen LogP contribution in [0.2, 0.25) is 0 Å². The topological polar surface area (TPSA) is 54.3 Å². The first-order valence-corrected chi connectivity index (χ1v) is 9.82. The Balaban J connectivity index is 1.81. The van der Waals surface area contributed by atoms with Crippen LogP contribution in [0.1, 0.15) is 18.1 Å². The van der Waals surface area contributed by atoms with Crippen LogP contribution >= 0.6 is 27.7 Å². The maximum absolute atomic E-state index is 13.1. The monoisotopic (exact) mass is 449 g/mol. The number of amides is 1. The van der Waals surface area contributed by atoms with E-state index in [4.69, 9.17) is 4.74 Å². The normalized spacial score (nSPS) is 18.7. The molecule has 0 saturated carbocycles. The van der Waals surface area contributed by atoms with Crippen LogP contribution in [0.5, 0.6) is 5.75 Å². The minimum atomic E-state index is -0.310. The first-order valence-electron chi connectivity index (χ1n) is 8.15. The number of rotatable bonds is 5. The van der Waals surface area contributed by atoms with E-state index in [0.717, 1.165) is 15.6 Å². The van der Waals surface area contributed by atoms with Crippen molar-refractivity contribution < 1.29 is 13.9 Å². The fourth-order valence-electron chi connectivity index (χ4n) is 2.53. The van der Waals surface area contributed by atoms with Gasteiger partial charge in [0, 0.05) is 10.0 Å². The number of ether oxygens (including phenoxy) is 1. The number of amidine groups is 1. The highest BCUT2D eigenvalue weighted by Crippen LogP contribution is 2.28. The average Bonchev–Trinajstić information content (AvgIpc) is 2.91. The lowest BCUT2D eigenvalue weighted by atomic mass is 10.2. The van der Waals surface area contributed by atoms with Crippen LogP contribution in [0.4, 0.5) is 4.39 Å². The molecule has 140 valence electrons. The fourth-order valence-corrected chi connectivity index (χ4v) is 3.83. The van der Waals surface area contributed by atoms with Gasteiger partial charge in [-0.15, -0.1) is 5.10 Å². The van der Waals surface area contributed by atoms with E-state index in [-0.39, 0.29) is 17.0 Å². The third-order valence-electron chi connectivity index (χ3n) is 3.91. The van der Waals surface area contributed by atoms with Gasteiger partial charge >= 0.3 is 0 Å². The van der Waals surface area contributed by atoms with Gasteiger partial charge in [-0.05, 0) is 42.8 Å². The molecule has 0 spiro atoms. The number of thioether (sulfide) groups is 1. The second-order valence-electron chi connectivity index (χ2n) is 5.82. The molecule has 0 radical (unpaired) electrons. The number of hydrogen-bond acceptors (Lipinski definition) is 5. The number of halogens is 2. The Hall–Kier alpha value is -2.19. The zero-order valence-corrected chi connectivity index (χ0v) is 17.1.